The number of halogens is 1. The Morgan fingerprint density at radius 1 is 1.67 bits per heavy atom. The van der Waals surface area contributed by atoms with Crippen LogP contribution in [0.25, 0.3) is 0 Å². The molecule has 1 rings (SSSR count). The molecule has 0 aromatic carbocycles. The van der Waals surface area contributed by atoms with Crippen molar-refractivity contribution in [2.45, 2.75) is 12.2 Å². The van der Waals surface area contributed by atoms with E-state index in [0.717, 1.165) is 0 Å². The van der Waals surface area contributed by atoms with Crippen molar-refractivity contribution in [1.82, 2.24) is 0 Å². The van der Waals surface area contributed by atoms with Gasteiger partial charge >= 0.3 is 0 Å². The highest BCUT2D eigenvalue weighted by Gasteiger charge is 2.33. The van der Waals surface area contributed by atoms with Crippen molar-refractivity contribution >= 4 is 37.9 Å². The fourth-order valence-corrected chi connectivity index (χ4v) is 3.49. The zero-order valence-electron chi connectivity index (χ0n) is 8.05. The molecule has 0 fully saturated rings. The Morgan fingerprint density at radius 2 is 2.27 bits per heavy atom. The summed E-state index contributed by atoms with van der Waals surface area (Å²) >= 11 is 3.22. The molecule has 5 nitrogen and oxygen atoms in total. The molecule has 0 spiro atoms. The van der Waals surface area contributed by atoms with Crippen molar-refractivity contribution in [3.63, 3.8) is 0 Å². The molecule has 0 aromatic heterocycles. The Kier molecular flexibility index (Phi) is 3.67. The van der Waals surface area contributed by atoms with E-state index in [1.165, 1.54) is 6.21 Å². The Bertz CT molecular complexity index is 427. The maximum atomic E-state index is 11.7. The molecule has 84 valence electrons. The molecule has 0 saturated carbocycles. The minimum absolute atomic E-state index is 0.244. The molecule has 1 aliphatic rings. The van der Waals surface area contributed by atoms with Crippen molar-refractivity contribution < 1.29 is 13.2 Å². The molecule has 2 atom stereocenters. The van der Waals surface area contributed by atoms with Crippen LogP contribution in [-0.4, -0.2) is 31.5 Å². The number of allylic oxidation sites excluding steroid dienone is 1. The van der Waals surface area contributed by atoms with Crippen molar-refractivity contribution in [1.29, 1.82) is 0 Å². The van der Waals surface area contributed by atoms with Crippen molar-refractivity contribution in [2.24, 2.45) is 16.6 Å². The van der Waals surface area contributed by atoms with E-state index in [2.05, 4.69) is 20.9 Å². The van der Waals surface area contributed by atoms with E-state index in [4.69, 9.17) is 5.73 Å². The van der Waals surface area contributed by atoms with E-state index in [1.54, 1.807) is 13.1 Å². The average molecular weight is 295 g/mol. The largest absolute Gasteiger partial charge is 0.369 e. The molecule has 1 heterocycles. The fourth-order valence-electron chi connectivity index (χ4n) is 1.30. The van der Waals surface area contributed by atoms with Gasteiger partial charge in [0.1, 0.15) is 11.0 Å². The van der Waals surface area contributed by atoms with Gasteiger partial charge in [0.05, 0.1) is 0 Å². The molecule has 7 heteroatoms. The van der Waals surface area contributed by atoms with Crippen molar-refractivity contribution in [3.05, 3.63) is 10.7 Å². The molecule has 1 amide bonds. The van der Waals surface area contributed by atoms with Gasteiger partial charge < -0.3 is 5.73 Å². The van der Waals surface area contributed by atoms with E-state index in [1.807, 2.05) is 0 Å². The normalized spacial score (nSPS) is 26.1. The number of aliphatic imine (C=N–C) groups is 1. The molecule has 0 aliphatic carbocycles. The van der Waals surface area contributed by atoms with Gasteiger partial charge in [0.15, 0.2) is 9.84 Å². The Morgan fingerprint density at radius 3 is 2.80 bits per heavy atom. The number of carbonyl (C=O) groups is 1. The highest BCUT2D eigenvalue weighted by atomic mass is 79.9. The molecule has 2 unspecified atom stereocenters. The average Bonchev–Trinajstić information content (AvgIpc) is 2.07. The molecule has 2 N–H and O–H groups in total. The first-order valence-corrected chi connectivity index (χ1v) is 6.74. The quantitative estimate of drug-likeness (QED) is 0.807. The second-order valence-corrected chi connectivity index (χ2v) is 6.41. The summed E-state index contributed by atoms with van der Waals surface area (Å²) in [6, 6.07) is 0. The van der Waals surface area contributed by atoms with Crippen LogP contribution in [0.4, 0.5) is 0 Å². The number of hydrogen-bond acceptors (Lipinski definition) is 4. The second kappa shape index (κ2) is 4.44. The van der Waals surface area contributed by atoms with E-state index in [9.17, 15) is 13.2 Å². The lowest BCUT2D eigenvalue weighted by atomic mass is 10.1. The molecule has 0 saturated heterocycles. The van der Waals surface area contributed by atoms with Gasteiger partial charge in [0.2, 0.25) is 5.91 Å². The van der Waals surface area contributed by atoms with E-state index in [0.29, 0.717) is 4.48 Å². The van der Waals surface area contributed by atoms with Crippen molar-refractivity contribution in [2.75, 3.05) is 5.75 Å². The predicted molar refractivity (Wildman–Crippen MR) is 61.4 cm³/mol. The zero-order chi connectivity index (χ0) is 11.6. The zero-order valence-corrected chi connectivity index (χ0v) is 10.5. The van der Waals surface area contributed by atoms with Gasteiger partial charge in [-0.1, -0.05) is 22.9 Å². The minimum Gasteiger partial charge on any atom is -0.369 e. The third-order valence-electron chi connectivity index (χ3n) is 2.12. The van der Waals surface area contributed by atoms with E-state index < -0.39 is 26.7 Å². The molecule has 0 radical (unpaired) electrons. The predicted octanol–water partition coefficient (Wildman–Crippen LogP) is 0.212. The summed E-state index contributed by atoms with van der Waals surface area (Å²) in [5.41, 5.74) is 4.88. The SMILES string of the molecule is CC1C(Br)=CN=CC1S(=O)(=O)CC(N)=O. The molecule has 0 aromatic rings. The first kappa shape index (κ1) is 12.4. The number of nitrogens with two attached hydrogens (primary N) is 1. The van der Waals surface area contributed by atoms with Crippen LogP contribution < -0.4 is 5.73 Å². The monoisotopic (exact) mass is 294 g/mol. The number of sulfone groups is 1. The summed E-state index contributed by atoms with van der Waals surface area (Å²) in [6.07, 6.45) is 2.87. The summed E-state index contributed by atoms with van der Waals surface area (Å²) in [4.78, 5) is 14.4. The van der Waals surface area contributed by atoms with Gasteiger partial charge in [0, 0.05) is 22.8 Å². The number of rotatable bonds is 3. The number of primary amides is 1. The standard InChI is InChI=1S/C8H11BrN2O3S/c1-5-6(9)2-11-3-7(5)15(13,14)4-8(10)12/h2-3,5,7H,4H2,1H3,(H2,10,12). The number of carbonyl (C=O) groups excluding carboxylic acids is 1. The van der Waals surface area contributed by atoms with Crippen LogP contribution in [0.3, 0.4) is 0 Å². The summed E-state index contributed by atoms with van der Waals surface area (Å²) < 4.78 is 24.1. The van der Waals surface area contributed by atoms with Gasteiger partial charge in [-0.25, -0.2) is 8.42 Å². The van der Waals surface area contributed by atoms with E-state index >= 15 is 0 Å². The molecular formula is C8H11BrN2O3S. The minimum atomic E-state index is -3.56. The Hall–Kier alpha value is -0.690. The fraction of sp³-hybridized carbons (Fsp3) is 0.500. The lowest BCUT2D eigenvalue weighted by Gasteiger charge is -2.21. The maximum absolute atomic E-state index is 11.7. The lowest BCUT2D eigenvalue weighted by molar-refractivity contribution is -0.115. The highest BCUT2D eigenvalue weighted by molar-refractivity contribution is 9.11. The molecule has 0 bridgehead atoms. The number of nitrogens with zero attached hydrogens (tertiary/aromatic N) is 1. The van der Waals surface area contributed by atoms with Crippen LogP contribution in [0.1, 0.15) is 6.92 Å². The van der Waals surface area contributed by atoms with Gasteiger partial charge in [-0.3, -0.25) is 9.79 Å². The van der Waals surface area contributed by atoms with Crippen LogP contribution in [-0.2, 0) is 14.6 Å². The lowest BCUT2D eigenvalue weighted by Crippen LogP contribution is -2.37. The first-order valence-electron chi connectivity index (χ1n) is 4.23. The van der Waals surface area contributed by atoms with Crippen LogP contribution >= 0.6 is 15.9 Å². The third-order valence-corrected chi connectivity index (χ3v) is 5.09. The summed E-state index contributed by atoms with van der Waals surface area (Å²) in [5, 5.41) is -0.788. The van der Waals surface area contributed by atoms with Gasteiger partial charge in [0.25, 0.3) is 0 Å². The Labute approximate surface area is 96.5 Å². The topological polar surface area (TPSA) is 89.6 Å². The summed E-state index contributed by atoms with van der Waals surface area (Å²) in [6.45, 7) is 1.75. The summed E-state index contributed by atoms with van der Waals surface area (Å²) in [7, 11) is -3.56. The first-order chi connectivity index (χ1) is 6.84. The Balaban J connectivity index is 2.95. The van der Waals surface area contributed by atoms with Crippen LogP contribution in [0.2, 0.25) is 0 Å². The van der Waals surface area contributed by atoms with Gasteiger partial charge in [-0.15, -0.1) is 0 Å². The summed E-state index contributed by atoms with van der Waals surface area (Å²) in [5.74, 6) is -1.73. The smallest absolute Gasteiger partial charge is 0.232 e. The maximum Gasteiger partial charge on any atom is 0.232 e. The van der Waals surface area contributed by atoms with Gasteiger partial charge in [-0.05, 0) is 0 Å². The van der Waals surface area contributed by atoms with Crippen LogP contribution in [0.5, 0.6) is 0 Å². The molecular weight excluding hydrogens is 284 g/mol. The van der Waals surface area contributed by atoms with Crippen molar-refractivity contribution in [3.8, 4) is 0 Å². The van der Waals surface area contributed by atoms with Gasteiger partial charge in [-0.2, -0.15) is 0 Å². The number of hydrogen-bond donors (Lipinski definition) is 1. The second-order valence-electron chi connectivity index (χ2n) is 3.34. The van der Waals surface area contributed by atoms with E-state index in [-0.39, 0.29) is 5.92 Å². The molecule has 15 heavy (non-hydrogen) atoms. The van der Waals surface area contributed by atoms with Crippen LogP contribution in [0, 0.1) is 5.92 Å². The highest BCUT2D eigenvalue weighted by Crippen LogP contribution is 2.27. The third kappa shape index (κ3) is 2.88. The molecule has 1 aliphatic heterocycles. The van der Waals surface area contributed by atoms with Crippen LogP contribution in [0.15, 0.2) is 15.7 Å². The number of amides is 1.